The molecule has 0 aromatic heterocycles. The molecule has 0 saturated carbocycles. The van der Waals surface area contributed by atoms with Crippen LogP contribution in [0.2, 0.25) is 0 Å². The molecule has 126 valence electrons. The van der Waals surface area contributed by atoms with Crippen LogP contribution in [0.5, 0.6) is 0 Å². The zero-order chi connectivity index (χ0) is 16.8. The van der Waals surface area contributed by atoms with Gasteiger partial charge in [0.1, 0.15) is 0 Å². The maximum Gasteiger partial charge on any atom is 0.223 e. The molecule has 1 aromatic rings. The highest BCUT2D eigenvalue weighted by atomic mass is 19.2. The van der Waals surface area contributed by atoms with Crippen LogP contribution in [-0.4, -0.2) is 29.8 Å². The minimum absolute atomic E-state index is 0.0404. The third kappa shape index (κ3) is 5.30. The third-order valence-electron chi connectivity index (χ3n) is 4.28. The number of hydrogen-bond acceptors (Lipinski definition) is 2. The van der Waals surface area contributed by atoms with Crippen molar-refractivity contribution in [2.24, 2.45) is 11.7 Å². The molecule has 1 heterocycles. The van der Waals surface area contributed by atoms with Gasteiger partial charge >= 0.3 is 0 Å². The highest BCUT2D eigenvalue weighted by Crippen LogP contribution is 2.22. The van der Waals surface area contributed by atoms with Gasteiger partial charge in [-0.15, -0.1) is 0 Å². The smallest absolute Gasteiger partial charge is 0.223 e. The minimum Gasteiger partial charge on any atom is -0.370 e. The van der Waals surface area contributed by atoms with Crippen molar-refractivity contribution < 1.29 is 18.4 Å². The molecule has 2 rings (SSSR count). The van der Waals surface area contributed by atoms with E-state index < -0.39 is 17.5 Å². The maximum absolute atomic E-state index is 13.2. The molecule has 0 bridgehead atoms. The predicted octanol–water partition coefficient (Wildman–Crippen LogP) is 2.40. The molecule has 1 fully saturated rings. The zero-order valence-electron chi connectivity index (χ0n) is 13.1. The number of likely N-dealkylation sites (tertiary alicyclic amines) is 1. The number of piperidine rings is 1. The Labute approximate surface area is 134 Å². The van der Waals surface area contributed by atoms with Crippen molar-refractivity contribution in [2.45, 2.75) is 38.5 Å². The van der Waals surface area contributed by atoms with E-state index in [9.17, 15) is 18.4 Å². The molecule has 6 heteroatoms. The van der Waals surface area contributed by atoms with Crippen molar-refractivity contribution in [3.05, 3.63) is 35.4 Å². The Morgan fingerprint density at radius 3 is 2.70 bits per heavy atom. The van der Waals surface area contributed by atoms with E-state index in [1.165, 1.54) is 6.07 Å². The number of hydrogen-bond donors (Lipinski definition) is 1. The lowest BCUT2D eigenvalue weighted by Gasteiger charge is -2.33. The largest absolute Gasteiger partial charge is 0.370 e. The summed E-state index contributed by atoms with van der Waals surface area (Å²) in [5.74, 6) is -1.83. The topological polar surface area (TPSA) is 63.4 Å². The lowest BCUT2D eigenvalue weighted by atomic mass is 9.91. The van der Waals surface area contributed by atoms with Crippen LogP contribution in [0.25, 0.3) is 0 Å². The molecule has 1 atom stereocenters. The highest BCUT2D eigenvalue weighted by Gasteiger charge is 2.23. The fraction of sp³-hybridized carbons (Fsp3) is 0.529. The summed E-state index contributed by atoms with van der Waals surface area (Å²) >= 11 is 0. The molecule has 23 heavy (non-hydrogen) atoms. The molecule has 0 aliphatic carbocycles. The summed E-state index contributed by atoms with van der Waals surface area (Å²) in [6.45, 7) is 1.36. The monoisotopic (exact) mass is 324 g/mol. The lowest BCUT2D eigenvalue weighted by Crippen LogP contribution is -2.40. The summed E-state index contributed by atoms with van der Waals surface area (Å²) in [5, 5.41) is 0. The molecular formula is C17H22F2N2O2. The van der Waals surface area contributed by atoms with Gasteiger partial charge in [0.25, 0.3) is 0 Å². The molecule has 0 radical (unpaired) electrons. The van der Waals surface area contributed by atoms with Crippen LogP contribution >= 0.6 is 0 Å². The van der Waals surface area contributed by atoms with Gasteiger partial charge in [-0.05, 0) is 49.3 Å². The van der Waals surface area contributed by atoms with Crippen LogP contribution in [0.15, 0.2) is 18.2 Å². The molecule has 2 N–H and O–H groups in total. The number of nitrogens with two attached hydrogens (primary N) is 1. The van der Waals surface area contributed by atoms with Crippen molar-refractivity contribution in [2.75, 3.05) is 13.1 Å². The number of amides is 2. The van der Waals surface area contributed by atoms with Crippen LogP contribution in [0.3, 0.4) is 0 Å². The highest BCUT2D eigenvalue weighted by molar-refractivity contribution is 5.82. The molecule has 1 unspecified atom stereocenters. The van der Waals surface area contributed by atoms with E-state index >= 15 is 0 Å². The molecular weight excluding hydrogens is 302 g/mol. The first kappa shape index (κ1) is 17.4. The number of benzene rings is 1. The second-order valence-electron chi connectivity index (χ2n) is 6.10. The van der Waals surface area contributed by atoms with Gasteiger partial charge < -0.3 is 10.6 Å². The Kier molecular flexibility index (Phi) is 6.07. The van der Waals surface area contributed by atoms with E-state index in [1.54, 1.807) is 11.0 Å². The number of aryl methyl sites for hydroxylation is 1. The van der Waals surface area contributed by atoms with Crippen molar-refractivity contribution in [1.82, 2.24) is 4.90 Å². The Balaban J connectivity index is 1.82. The molecule has 1 aromatic carbocycles. The van der Waals surface area contributed by atoms with Gasteiger partial charge in [-0.25, -0.2) is 8.78 Å². The van der Waals surface area contributed by atoms with Gasteiger partial charge in [0.15, 0.2) is 11.6 Å². The van der Waals surface area contributed by atoms with E-state index in [0.29, 0.717) is 25.4 Å². The molecule has 4 nitrogen and oxygen atoms in total. The van der Waals surface area contributed by atoms with Crippen LogP contribution in [0.4, 0.5) is 8.78 Å². The van der Waals surface area contributed by atoms with Gasteiger partial charge in [0.05, 0.1) is 0 Å². The van der Waals surface area contributed by atoms with Gasteiger partial charge in [-0.3, -0.25) is 9.59 Å². The van der Waals surface area contributed by atoms with E-state index in [4.69, 9.17) is 5.73 Å². The van der Waals surface area contributed by atoms with E-state index in [0.717, 1.165) is 30.9 Å². The number of nitrogens with zero attached hydrogens (tertiary/aromatic N) is 1. The first-order chi connectivity index (χ1) is 11.0. The molecule has 1 saturated heterocycles. The van der Waals surface area contributed by atoms with E-state index in [1.807, 2.05) is 0 Å². The maximum atomic E-state index is 13.2. The average molecular weight is 324 g/mol. The molecule has 1 aliphatic heterocycles. The van der Waals surface area contributed by atoms with E-state index in [-0.39, 0.29) is 18.7 Å². The second kappa shape index (κ2) is 8.04. The Hall–Kier alpha value is -1.98. The summed E-state index contributed by atoms with van der Waals surface area (Å²) in [7, 11) is 0. The van der Waals surface area contributed by atoms with Gasteiger partial charge in [0, 0.05) is 25.9 Å². The molecule has 2 amide bonds. The van der Waals surface area contributed by atoms with Gasteiger partial charge in [0.2, 0.25) is 11.8 Å². The SMILES string of the molecule is NC(=O)CCC(=O)N1CCCC(CCc2ccc(F)c(F)c2)C1. The number of rotatable bonds is 6. The van der Waals surface area contributed by atoms with Crippen LogP contribution in [-0.2, 0) is 16.0 Å². The van der Waals surface area contributed by atoms with Gasteiger partial charge in [-0.2, -0.15) is 0 Å². The summed E-state index contributed by atoms with van der Waals surface area (Å²) in [4.78, 5) is 24.6. The van der Waals surface area contributed by atoms with Crippen LogP contribution < -0.4 is 5.73 Å². The standard InChI is InChI=1S/C17H22F2N2O2/c18-14-6-5-12(10-15(14)19)3-4-13-2-1-9-21(11-13)17(23)8-7-16(20)22/h5-6,10,13H,1-4,7-9,11H2,(H2,20,22). The summed E-state index contributed by atoms with van der Waals surface area (Å²) in [6, 6.07) is 3.97. The zero-order valence-corrected chi connectivity index (χ0v) is 13.1. The summed E-state index contributed by atoms with van der Waals surface area (Å²) in [5.41, 5.74) is 5.83. The van der Waals surface area contributed by atoms with Crippen molar-refractivity contribution >= 4 is 11.8 Å². The van der Waals surface area contributed by atoms with Crippen molar-refractivity contribution in [1.29, 1.82) is 0 Å². The second-order valence-corrected chi connectivity index (χ2v) is 6.10. The minimum atomic E-state index is -0.836. The molecule has 1 aliphatic rings. The normalized spacial score (nSPS) is 18.0. The fourth-order valence-electron chi connectivity index (χ4n) is 2.98. The predicted molar refractivity (Wildman–Crippen MR) is 82.4 cm³/mol. The summed E-state index contributed by atoms with van der Waals surface area (Å²) in [6.07, 6.45) is 3.66. The average Bonchev–Trinajstić information content (AvgIpc) is 2.54. The van der Waals surface area contributed by atoms with Crippen molar-refractivity contribution in [3.63, 3.8) is 0 Å². The number of carbonyl (C=O) groups is 2. The van der Waals surface area contributed by atoms with Gasteiger partial charge in [-0.1, -0.05) is 6.07 Å². The lowest BCUT2D eigenvalue weighted by molar-refractivity contribution is -0.134. The Morgan fingerprint density at radius 1 is 1.22 bits per heavy atom. The Bertz CT molecular complexity index is 578. The number of carbonyl (C=O) groups excluding carboxylic acids is 2. The van der Waals surface area contributed by atoms with E-state index in [2.05, 4.69) is 0 Å². The van der Waals surface area contributed by atoms with Crippen molar-refractivity contribution in [3.8, 4) is 0 Å². The Morgan fingerprint density at radius 2 is 2.00 bits per heavy atom. The first-order valence-electron chi connectivity index (χ1n) is 7.95. The van der Waals surface area contributed by atoms with Crippen LogP contribution in [0, 0.1) is 17.6 Å². The summed E-state index contributed by atoms with van der Waals surface area (Å²) < 4.78 is 26.1. The number of primary amides is 1. The number of halogens is 2. The third-order valence-corrected chi connectivity index (χ3v) is 4.28. The fourth-order valence-corrected chi connectivity index (χ4v) is 2.98. The first-order valence-corrected chi connectivity index (χ1v) is 7.95. The quantitative estimate of drug-likeness (QED) is 0.873. The molecule has 0 spiro atoms. The van der Waals surface area contributed by atoms with Crippen LogP contribution in [0.1, 0.15) is 37.7 Å².